The Morgan fingerprint density at radius 3 is 2.43 bits per heavy atom. The molecule has 0 amide bonds. The highest BCUT2D eigenvalue weighted by Gasteiger charge is 2.19. The number of fused-ring (bicyclic) bond motifs is 1. The third-order valence-electron chi connectivity index (χ3n) is 5.43. The van der Waals surface area contributed by atoms with Crippen LogP contribution in [0.15, 0.2) is 70.8 Å². The summed E-state index contributed by atoms with van der Waals surface area (Å²) < 4.78 is 31.0. The molecule has 3 aromatic rings. The summed E-state index contributed by atoms with van der Waals surface area (Å²) >= 11 is 0. The van der Waals surface area contributed by atoms with Gasteiger partial charge in [-0.2, -0.15) is 13.7 Å². The molecule has 2 N–H and O–H groups in total. The van der Waals surface area contributed by atoms with Crippen LogP contribution in [0.5, 0.6) is 0 Å². The van der Waals surface area contributed by atoms with Crippen molar-refractivity contribution in [2.24, 2.45) is 10.7 Å². The van der Waals surface area contributed by atoms with Crippen LogP contribution in [-0.4, -0.2) is 51.5 Å². The van der Waals surface area contributed by atoms with Crippen LogP contribution in [0.2, 0.25) is 0 Å². The molecule has 0 saturated carbocycles. The number of nitriles is 1. The fraction of sp³-hybridized carbons (Fsp3) is 0.320. The standard InChI is InChI=1S/C25H30N6O3S/c1-30(2)23-11-7-10-22-21(23)9-8-12-24(22)35(32,33)34-18-6-4-3-5-17-31(19-26)25(27)29-20-13-15-28-16-14-20/h7-16H,3-6,17-18H2,1-2H3,(H2,27,28,29). The topological polar surface area (TPSA) is 125 Å². The summed E-state index contributed by atoms with van der Waals surface area (Å²) in [7, 11) is -0.0449. The highest BCUT2D eigenvalue weighted by atomic mass is 32.2. The molecule has 0 aliphatic heterocycles. The zero-order valence-electron chi connectivity index (χ0n) is 20.0. The van der Waals surface area contributed by atoms with Crippen molar-refractivity contribution in [2.45, 2.75) is 30.6 Å². The number of hydrogen-bond donors (Lipinski definition) is 1. The largest absolute Gasteiger partial charge is 0.377 e. The molecule has 0 aliphatic rings. The van der Waals surface area contributed by atoms with Gasteiger partial charge in [0.05, 0.1) is 12.3 Å². The van der Waals surface area contributed by atoms with Crippen LogP contribution >= 0.6 is 0 Å². The Hall–Kier alpha value is -3.68. The third-order valence-corrected chi connectivity index (χ3v) is 6.80. The van der Waals surface area contributed by atoms with Crippen LogP contribution in [0.25, 0.3) is 10.8 Å². The van der Waals surface area contributed by atoms with Gasteiger partial charge in [0, 0.05) is 49.5 Å². The molecule has 3 rings (SSSR count). The van der Waals surface area contributed by atoms with Gasteiger partial charge in [0.1, 0.15) is 4.90 Å². The van der Waals surface area contributed by atoms with Crippen molar-refractivity contribution in [2.75, 3.05) is 32.1 Å². The van der Waals surface area contributed by atoms with Crippen LogP contribution in [0.4, 0.5) is 11.4 Å². The SMILES string of the molecule is CN(C)c1cccc2c(S(=O)(=O)OCCCCCCN(C#N)C(N)=Nc3ccncc3)cccc12. The van der Waals surface area contributed by atoms with Gasteiger partial charge in [0.2, 0.25) is 5.96 Å². The van der Waals surface area contributed by atoms with Gasteiger partial charge in [-0.1, -0.05) is 37.1 Å². The van der Waals surface area contributed by atoms with Crippen molar-refractivity contribution in [1.29, 1.82) is 5.26 Å². The first-order valence-corrected chi connectivity index (χ1v) is 12.7. The average Bonchev–Trinajstić information content (AvgIpc) is 2.85. The van der Waals surface area contributed by atoms with Crippen LogP contribution in [0, 0.1) is 11.5 Å². The van der Waals surface area contributed by atoms with Crippen molar-refractivity contribution in [3.05, 3.63) is 60.9 Å². The summed E-state index contributed by atoms with van der Waals surface area (Å²) in [5, 5.41) is 10.8. The van der Waals surface area contributed by atoms with Gasteiger partial charge in [-0.25, -0.2) is 9.89 Å². The number of nitrogens with two attached hydrogens (primary N) is 1. The van der Waals surface area contributed by atoms with Crippen molar-refractivity contribution in [3.8, 4) is 6.19 Å². The van der Waals surface area contributed by atoms with Crippen LogP contribution in [0.3, 0.4) is 0 Å². The highest BCUT2D eigenvalue weighted by molar-refractivity contribution is 7.87. The van der Waals surface area contributed by atoms with Gasteiger partial charge in [0.25, 0.3) is 10.1 Å². The predicted molar refractivity (Wildman–Crippen MR) is 138 cm³/mol. The Kier molecular flexibility index (Phi) is 9.00. The van der Waals surface area contributed by atoms with E-state index in [9.17, 15) is 13.7 Å². The lowest BCUT2D eigenvalue weighted by molar-refractivity contribution is 0.306. The normalized spacial score (nSPS) is 11.9. The van der Waals surface area contributed by atoms with E-state index < -0.39 is 10.1 Å². The molecule has 0 aliphatic carbocycles. The second-order valence-corrected chi connectivity index (χ2v) is 9.72. The first-order valence-electron chi connectivity index (χ1n) is 11.3. The molecule has 2 aromatic carbocycles. The van der Waals surface area contributed by atoms with Gasteiger partial charge >= 0.3 is 0 Å². The maximum atomic E-state index is 12.9. The van der Waals surface area contributed by atoms with Crippen molar-refractivity contribution >= 4 is 38.2 Å². The maximum absolute atomic E-state index is 12.9. The molecule has 1 heterocycles. The summed E-state index contributed by atoms with van der Waals surface area (Å²) in [6.07, 6.45) is 8.10. The molecule has 0 unspecified atom stereocenters. The van der Waals surface area contributed by atoms with Crippen LogP contribution < -0.4 is 10.6 Å². The minimum Gasteiger partial charge on any atom is -0.377 e. The van der Waals surface area contributed by atoms with E-state index in [4.69, 9.17) is 9.92 Å². The van der Waals surface area contributed by atoms with Gasteiger partial charge in [-0.15, -0.1) is 0 Å². The molecule has 0 saturated heterocycles. The van der Waals surface area contributed by atoms with E-state index >= 15 is 0 Å². The monoisotopic (exact) mass is 494 g/mol. The van der Waals surface area contributed by atoms with E-state index in [-0.39, 0.29) is 17.5 Å². The number of pyridine rings is 1. The minimum absolute atomic E-state index is 0.0969. The Balaban J connectivity index is 1.48. The van der Waals surface area contributed by atoms with E-state index in [1.165, 1.54) is 4.90 Å². The van der Waals surface area contributed by atoms with Gasteiger partial charge in [0.15, 0.2) is 6.19 Å². The molecular weight excluding hydrogens is 464 g/mol. The summed E-state index contributed by atoms with van der Waals surface area (Å²) in [5.41, 5.74) is 7.50. The van der Waals surface area contributed by atoms with Crippen LogP contribution in [-0.2, 0) is 14.3 Å². The molecule has 35 heavy (non-hydrogen) atoms. The van der Waals surface area contributed by atoms with E-state index in [1.54, 1.807) is 42.7 Å². The van der Waals surface area contributed by atoms with Crippen LogP contribution in [0.1, 0.15) is 25.7 Å². The Morgan fingerprint density at radius 2 is 1.71 bits per heavy atom. The molecule has 0 bridgehead atoms. The minimum atomic E-state index is -3.89. The number of rotatable bonds is 11. The summed E-state index contributed by atoms with van der Waals surface area (Å²) in [4.78, 5) is 11.6. The summed E-state index contributed by atoms with van der Waals surface area (Å²) in [6, 6.07) is 14.2. The molecular formula is C25H30N6O3S. The van der Waals surface area contributed by atoms with E-state index in [0.717, 1.165) is 23.9 Å². The Bertz CT molecular complexity index is 1300. The van der Waals surface area contributed by atoms with Crippen molar-refractivity contribution in [1.82, 2.24) is 9.88 Å². The second-order valence-electron chi connectivity index (χ2n) is 8.14. The van der Waals surface area contributed by atoms with E-state index in [0.29, 0.717) is 30.5 Å². The lowest BCUT2D eigenvalue weighted by atomic mass is 10.1. The molecule has 184 valence electrons. The van der Waals surface area contributed by atoms with Crippen molar-refractivity contribution in [3.63, 3.8) is 0 Å². The Labute approximate surface area is 206 Å². The molecule has 0 atom stereocenters. The quantitative estimate of drug-likeness (QED) is 0.106. The number of aromatic nitrogens is 1. The molecule has 0 spiro atoms. The number of benzene rings is 2. The summed E-state index contributed by atoms with van der Waals surface area (Å²) in [5.74, 6) is 0.126. The molecule has 0 radical (unpaired) electrons. The smallest absolute Gasteiger partial charge is 0.297 e. The third kappa shape index (κ3) is 6.91. The van der Waals surface area contributed by atoms with Gasteiger partial charge in [-0.05, 0) is 37.1 Å². The zero-order chi connectivity index (χ0) is 25.3. The first kappa shape index (κ1) is 25.9. The molecule has 10 heteroatoms. The van der Waals surface area contributed by atoms with Crippen molar-refractivity contribution < 1.29 is 12.6 Å². The molecule has 1 aromatic heterocycles. The lowest BCUT2D eigenvalue weighted by Crippen LogP contribution is -2.34. The maximum Gasteiger partial charge on any atom is 0.297 e. The summed E-state index contributed by atoms with van der Waals surface area (Å²) in [6.45, 7) is 0.528. The van der Waals surface area contributed by atoms with E-state index in [1.807, 2.05) is 43.4 Å². The fourth-order valence-electron chi connectivity index (χ4n) is 3.66. The van der Waals surface area contributed by atoms with Gasteiger partial charge < -0.3 is 10.6 Å². The number of nitrogens with zero attached hydrogens (tertiary/aromatic N) is 5. The number of anilines is 1. The number of hydrogen-bond acceptors (Lipinski definition) is 7. The first-order chi connectivity index (χ1) is 16.8. The second kappa shape index (κ2) is 12.1. The number of unbranched alkanes of at least 4 members (excludes halogenated alkanes) is 3. The Morgan fingerprint density at radius 1 is 1.03 bits per heavy atom. The number of aliphatic imine (C=N–C) groups is 1. The fourth-order valence-corrected chi connectivity index (χ4v) is 4.81. The predicted octanol–water partition coefficient (Wildman–Crippen LogP) is 4.00. The molecule has 0 fully saturated rings. The van der Waals surface area contributed by atoms with Gasteiger partial charge in [-0.3, -0.25) is 9.17 Å². The molecule has 9 nitrogen and oxygen atoms in total. The zero-order valence-corrected chi connectivity index (χ0v) is 20.8. The average molecular weight is 495 g/mol. The lowest BCUT2D eigenvalue weighted by Gasteiger charge is -2.17. The number of guanidine groups is 1. The van der Waals surface area contributed by atoms with E-state index in [2.05, 4.69) is 9.98 Å². The highest BCUT2D eigenvalue weighted by Crippen LogP contribution is 2.31.